The summed E-state index contributed by atoms with van der Waals surface area (Å²) < 4.78 is 0. The van der Waals surface area contributed by atoms with E-state index in [2.05, 4.69) is 23.6 Å². The Morgan fingerprint density at radius 2 is 2.35 bits per heavy atom. The predicted molar refractivity (Wildman–Crippen MR) is 68.9 cm³/mol. The normalized spacial score (nSPS) is 23.6. The highest BCUT2D eigenvalue weighted by molar-refractivity contribution is 5.79. The quantitative estimate of drug-likeness (QED) is 0.827. The van der Waals surface area contributed by atoms with E-state index in [1.807, 2.05) is 25.1 Å². The third-order valence-electron chi connectivity index (χ3n) is 3.26. The Balaban J connectivity index is 1.93. The summed E-state index contributed by atoms with van der Waals surface area (Å²) in [5.74, 6) is 0.113. The van der Waals surface area contributed by atoms with Crippen LogP contribution < -0.4 is 10.6 Å². The topological polar surface area (TPSA) is 41.1 Å². The SMILES string of the molecule is Cc1cccc(CC(=O)NC2(C)CCNC2)c1. The standard InChI is InChI=1S/C14H20N2O/c1-11-4-3-5-12(8-11)9-13(17)16-14(2)6-7-15-10-14/h3-5,8,15H,6-7,9-10H2,1-2H3,(H,16,17). The van der Waals surface area contributed by atoms with Crippen molar-refractivity contribution in [2.45, 2.75) is 32.2 Å². The Morgan fingerprint density at radius 1 is 1.53 bits per heavy atom. The van der Waals surface area contributed by atoms with Gasteiger partial charge in [-0.3, -0.25) is 4.79 Å². The van der Waals surface area contributed by atoms with Gasteiger partial charge in [0.1, 0.15) is 0 Å². The predicted octanol–water partition coefficient (Wildman–Crippen LogP) is 1.41. The van der Waals surface area contributed by atoms with Crippen molar-refractivity contribution in [3.63, 3.8) is 0 Å². The molecule has 3 heteroatoms. The monoisotopic (exact) mass is 232 g/mol. The summed E-state index contributed by atoms with van der Waals surface area (Å²) in [5, 5.41) is 6.40. The molecule has 3 nitrogen and oxygen atoms in total. The number of rotatable bonds is 3. The van der Waals surface area contributed by atoms with Crippen LogP contribution in [0.1, 0.15) is 24.5 Å². The molecule has 1 atom stereocenters. The molecule has 1 aliphatic rings. The van der Waals surface area contributed by atoms with E-state index in [0.717, 1.165) is 25.1 Å². The van der Waals surface area contributed by atoms with Gasteiger partial charge in [0.05, 0.1) is 12.0 Å². The third-order valence-corrected chi connectivity index (χ3v) is 3.26. The first kappa shape index (κ1) is 12.1. The number of hydrogen-bond acceptors (Lipinski definition) is 2. The molecule has 0 aliphatic carbocycles. The molecule has 1 heterocycles. The van der Waals surface area contributed by atoms with Crippen LogP contribution in [0.5, 0.6) is 0 Å². The molecule has 0 bridgehead atoms. The van der Waals surface area contributed by atoms with E-state index in [4.69, 9.17) is 0 Å². The van der Waals surface area contributed by atoms with Crippen LogP contribution in [-0.2, 0) is 11.2 Å². The van der Waals surface area contributed by atoms with Crippen LogP contribution in [0.3, 0.4) is 0 Å². The Hall–Kier alpha value is -1.35. The highest BCUT2D eigenvalue weighted by Crippen LogP contribution is 2.13. The van der Waals surface area contributed by atoms with E-state index in [0.29, 0.717) is 6.42 Å². The zero-order valence-corrected chi connectivity index (χ0v) is 10.5. The third kappa shape index (κ3) is 3.30. The van der Waals surface area contributed by atoms with E-state index >= 15 is 0 Å². The number of aryl methyl sites for hydroxylation is 1. The Kier molecular flexibility index (Phi) is 3.48. The number of benzene rings is 1. The Morgan fingerprint density at radius 3 is 3.00 bits per heavy atom. The van der Waals surface area contributed by atoms with Crippen LogP contribution in [-0.4, -0.2) is 24.5 Å². The molecular formula is C14H20N2O. The second-order valence-corrected chi connectivity index (χ2v) is 5.20. The van der Waals surface area contributed by atoms with Crippen molar-refractivity contribution in [3.05, 3.63) is 35.4 Å². The maximum atomic E-state index is 11.9. The van der Waals surface area contributed by atoms with Gasteiger partial charge in [0.25, 0.3) is 0 Å². The van der Waals surface area contributed by atoms with Gasteiger partial charge in [-0.2, -0.15) is 0 Å². The molecule has 0 saturated carbocycles. The molecule has 17 heavy (non-hydrogen) atoms. The summed E-state index contributed by atoms with van der Waals surface area (Å²) in [7, 11) is 0. The molecule has 1 aromatic carbocycles. The first-order chi connectivity index (χ1) is 8.07. The lowest BCUT2D eigenvalue weighted by Crippen LogP contribution is -2.48. The fourth-order valence-corrected chi connectivity index (χ4v) is 2.31. The summed E-state index contributed by atoms with van der Waals surface area (Å²) in [6.07, 6.45) is 1.48. The smallest absolute Gasteiger partial charge is 0.224 e. The van der Waals surface area contributed by atoms with Crippen molar-refractivity contribution >= 4 is 5.91 Å². The van der Waals surface area contributed by atoms with E-state index in [-0.39, 0.29) is 11.4 Å². The lowest BCUT2D eigenvalue weighted by atomic mass is 10.0. The molecule has 0 radical (unpaired) electrons. The number of carbonyl (C=O) groups is 1. The summed E-state index contributed by atoms with van der Waals surface area (Å²) in [5.41, 5.74) is 2.21. The van der Waals surface area contributed by atoms with Crippen molar-refractivity contribution in [2.75, 3.05) is 13.1 Å². The van der Waals surface area contributed by atoms with Gasteiger partial charge in [-0.25, -0.2) is 0 Å². The molecule has 1 aromatic rings. The highest BCUT2D eigenvalue weighted by atomic mass is 16.1. The fraction of sp³-hybridized carbons (Fsp3) is 0.500. The average Bonchev–Trinajstić information content (AvgIpc) is 2.64. The van der Waals surface area contributed by atoms with E-state index < -0.39 is 0 Å². The molecule has 2 rings (SSSR count). The van der Waals surface area contributed by atoms with E-state index in [9.17, 15) is 4.79 Å². The van der Waals surface area contributed by atoms with Crippen LogP contribution in [0.25, 0.3) is 0 Å². The molecule has 1 fully saturated rings. The van der Waals surface area contributed by atoms with Gasteiger partial charge in [0, 0.05) is 6.54 Å². The summed E-state index contributed by atoms with van der Waals surface area (Å²) in [4.78, 5) is 11.9. The second kappa shape index (κ2) is 4.88. The molecule has 1 amide bonds. The van der Waals surface area contributed by atoms with Gasteiger partial charge in [0.2, 0.25) is 5.91 Å². The van der Waals surface area contributed by atoms with Crippen molar-refractivity contribution in [1.82, 2.24) is 10.6 Å². The average molecular weight is 232 g/mol. The number of carbonyl (C=O) groups excluding carboxylic acids is 1. The van der Waals surface area contributed by atoms with Crippen LogP contribution in [0, 0.1) is 6.92 Å². The summed E-state index contributed by atoms with van der Waals surface area (Å²) in [6.45, 7) is 6.00. The van der Waals surface area contributed by atoms with Crippen molar-refractivity contribution < 1.29 is 4.79 Å². The highest BCUT2D eigenvalue weighted by Gasteiger charge is 2.29. The molecule has 2 N–H and O–H groups in total. The Bertz CT molecular complexity index is 408. The van der Waals surface area contributed by atoms with Gasteiger partial charge in [0.15, 0.2) is 0 Å². The van der Waals surface area contributed by atoms with Crippen molar-refractivity contribution in [1.29, 1.82) is 0 Å². The molecule has 1 unspecified atom stereocenters. The summed E-state index contributed by atoms with van der Waals surface area (Å²) in [6, 6.07) is 8.11. The lowest BCUT2D eigenvalue weighted by Gasteiger charge is -2.24. The van der Waals surface area contributed by atoms with Crippen LogP contribution in [0.4, 0.5) is 0 Å². The minimum Gasteiger partial charge on any atom is -0.349 e. The number of nitrogens with one attached hydrogen (secondary N) is 2. The zero-order valence-electron chi connectivity index (χ0n) is 10.5. The molecule has 92 valence electrons. The van der Waals surface area contributed by atoms with E-state index in [1.165, 1.54) is 5.56 Å². The first-order valence-electron chi connectivity index (χ1n) is 6.15. The second-order valence-electron chi connectivity index (χ2n) is 5.20. The summed E-state index contributed by atoms with van der Waals surface area (Å²) >= 11 is 0. The number of amides is 1. The van der Waals surface area contributed by atoms with Gasteiger partial charge < -0.3 is 10.6 Å². The van der Waals surface area contributed by atoms with Crippen molar-refractivity contribution in [3.8, 4) is 0 Å². The van der Waals surface area contributed by atoms with Crippen LogP contribution in [0.2, 0.25) is 0 Å². The minimum absolute atomic E-state index is 0.0685. The maximum Gasteiger partial charge on any atom is 0.224 e. The first-order valence-corrected chi connectivity index (χ1v) is 6.15. The van der Waals surface area contributed by atoms with Gasteiger partial charge in [-0.05, 0) is 32.4 Å². The molecule has 0 aromatic heterocycles. The largest absolute Gasteiger partial charge is 0.349 e. The zero-order chi connectivity index (χ0) is 12.3. The van der Waals surface area contributed by atoms with Crippen LogP contribution >= 0.6 is 0 Å². The molecular weight excluding hydrogens is 212 g/mol. The number of hydrogen-bond donors (Lipinski definition) is 2. The molecule has 1 saturated heterocycles. The fourth-order valence-electron chi connectivity index (χ4n) is 2.31. The lowest BCUT2D eigenvalue weighted by molar-refractivity contribution is -0.122. The van der Waals surface area contributed by atoms with Crippen molar-refractivity contribution in [2.24, 2.45) is 0 Å². The molecule has 0 spiro atoms. The van der Waals surface area contributed by atoms with Crippen LogP contribution in [0.15, 0.2) is 24.3 Å². The Labute approximate surface area is 103 Å². The minimum atomic E-state index is -0.0685. The van der Waals surface area contributed by atoms with Gasteiger partial charge >= 0.3 is 0 Å². The van der Waals surface area contributed by atoms with Gasteiger partial charge in [-0.15, -0.1) is 0 Å². The maximum absolute atomic E-state index is 11.9. The molecule has 1 aliphatic heterocycles. The van der Waals surface area contributed by atoms with E-state index in [1.54, 1.807) is 0 Å². The van der Waals surface area contributed by atoms with Gasteiger partial charge in [-0.1, -0.05) is 29.8 Å².